The van der Waals surface area contributed by atoms with E-state index in [1.807, 2.05) is 0 Å². The summed E-state index contributed by atoms with van der Waals surface area (Å²) in [5, 5.41) is 0.511. The largest absolute Gasteiger partial charge is 0.264 e. The molecule has 0 heterocycles. The monoisotopic (exact) mass is 325 g/mol. The molecular weight excluding hydrogens is 313 g/mol. The SMILES string of the molecule is C=CCN(c1ccc(Cl)cc1)S(=O)(=O)c1ccc(F)cc1. The molecule has 0 N–H and O–H groups in total. The van der Waals surface area contributed by atoms with Crippen molar-refractivity contribution in [3.05, 3.63) is 72.0 Å². The molecule has 0 aliphatic heterocycles. The fourth-order valence-electron chi connectivity index (χ4n) is 1.80. The van der Waals surface area contributed by atoms with E-state index in [2.05, 4.69) is 6.58 Å². The van der Waals surface area contributed by atoms with Crippen LogP contribution in [0.1, 0.15) is 0 Å². The van der Waals surface area contributed by atoms with Gasteiger partial charge in [0.2, 0.25) is 0 Å². The lowest BCUT2D eigenvalue weighted by molar-refractivity contribution is 0.591. The third-order valence-corrected chi connectivity index (χ3v) is 4.87. The molecule has 0 aromatic heterocycles. The summed E-state index contributed by atoms with van der Waals surface area (Å²) < 4.78 is 39.4. The second-order valence-electron chi connectivity index (χ2n) is 4.26. The van der Waals surface area contributed by atoms with Crippen molar-refractivity contribution in [2.24, 2.45) is 0 Å². The van der Waals surface area contributed by atoms with Crippen molar-refractivity contribution in [1.82, 2.24) is 0 Å². The van der Waals surface area contributed by atoms with Gasteiger partial charge in [-0.3, -0.25) is 4.31 Å². The highest BCUT2D eigenvalue weighted by atomic mass is 35.5. The van der Waals surface area contributed by atoms with E-state index in [0.717, 1.165) is 12.1 Å². The average molecular weight is 326 g/mol. The predicted octanol–water partition coefficient (Wildman–Crippen LogP) is 3.86. The molecule has 3 nitrogen and oxygen atoms in total. The van der Waals surface area contributed by atoms with Gasteiger partial charge in [0, 0.05) is 5.02 Å². The molecule has 0 amide bonds. The Morgan fingerprint density at radius 2 is 1.67 bits per heavy atom. The molecule has 2 rings (SSSR count). The summed E-state index contributed by atoms with van der Waals surface area (Å²) >= 11 is 5.81. The lowest BCUT2D eigenvalue weighted by atomic mass is 10.3. The van der Waals surface area contributed by atoms with Gasteiger partial charge in [0.25, 0.3) is 10.0 Å². The summed E-state index contributed by atoms with van der Waals surface area (Å²) in [5.41, 5.74) is 0.462. The van der Waals surface area contributed by atoms with Crippen LogP contribution in [-0.4, -0.2) is 15.0 Å². The van der Waals surface area contributed by atoms with Crippen LogP contribution < -0.4 is 4.31 Å². The van der Waals surface area contributed by atoms with Crippen LogP contribution >= 0.6 is 11.6 Å². The number of sulfonamides is 1. The Morgan fingerprint density at radius 3 is 2.19 bits per heavy atom. The third-order valence-electron chi connectivity index (χ3n) is 2.81. The average Bonchev–Trinajstić information content (AvgIpc) is 2.46. The zero-order chi connectivity index (χ0) is 15.5. The smallest absolute Gasteiger partial charge is 0.263 e. The first-order valence-electron chi connectivity index (χ1n) is 6.10. The van der Waals surface area contributed by atoms with Crippen LogP contribution in [0.2, 0.25) is 5.02 Å². The Bertz CT molecular complexity index is 727. The lowest BCUT2D eigenvalue weighted by Crippen LogP contribution is -2.31. The van der Waals surface area contributed by atoms with E-state index in [4.69, 9.17) is 11.6 Å². The van der Waals surface area contributed by atoms with Gasteiger partial charge in [0.05, 0.1) is 17.1 Å². The van der Waals surface area contributed by atoms with Gasteiger partial charge in [-0.1, -0.05) is 17.7 Å². The first kappa shape index (κ1) is 15.5. The van der Waals surface area contributed by atoms with Gasteiger partial charge in [-0.05, 0) is 48.5 Å². The number of nitrogens with zero attached hydrogens (tertiary/aromatic N) is 1. The fraction of sp³-hybridized carbons (Fsp3) is 0.0667. The van der Waals surface area contributed by atoms with Crippen LogP contribution in [0.15, 0.2) is 66.1 Å². The van der Waals surface area contributed by atoms with Gasteiger partial charge in [-0.25, -0.2) is 12.8 Å². The number of halogens is 2. The van der Waals surface area contributed by atoms with E-state index in [9.17, 15) is 12.8 Å². The molecule has 0 unspecified atom stereocenters. The molecule has 0 fully saturated rings. The van der Waals surface area contributed by atoms with Gasteiger partial charge in [0.1, 0.15) is 5.82 Å². The molecule has 0 saturated carbocycles. The normalized spacial score (nSPS) is 11.1. The molecule has 0 atom stereocenters. The summed E-state index contributed by atoms with van der Waals surface area (Å²) in [4.78, 5) is 0.0145. The molecule has 0 saturated heterocycles. The van der Waals surface area contributed by atoms with E-state index < -0.39 is 15.8 Å². The van der Waals surface area contributed by atoms with Gasteiger partial charge in [0.15, 0.2) is 0 Å². The van der Waals surface area contributed by atoms with Crippen molar-refractivity contribution in [1.29, 1.82) is 0 Å². The molecule has 2 aromatic rings. The fourth-order valence-corrected chi connectivity index (χ4v) is 3.36. The van der Waals surface area contributed by atoms with Crippen LogP contribution in [0.3, 0.4) is 0 Å². The molecule has 6 heteroatoms. The van der Waals surface area contributed by atoms with Gasteiger partial charge < -0.3 is 0 Å². The third kappa shape index (κ3) is 3.43. The topological polar surface area (TPSA) is 37.4 Å². The number of hydrogen-bond donors (Lipinski definition) is 0. The van der Waals surface area contributed by atoms with Gasteiger partial charge in [-0.15, -0.1) is 6.58 Å². The highest BCUT2D eigenvalue weighted by molar-refractivity contribution is 7.92. The van der Waals surface area contributed by atoms with Crippen LogP contribution in [0, 0.1) is 5.82 Å². The Morgan fingerprint density at radius 1 is 1.10 bits per heavy atom. The van der Waals surface area contributed by atoms with Crippen molar-refractivity contribution in [3.8, 4) is 0 Å². The van der Waals surface area contributed by atoms with Crippen molar-refractivity contribution >= 4 is 27.3 Å². The highest BCUT2D eigenvalue weighted by Gasteiger charge is 2.23. The Kier molecular flexibility index (Phi) is 4.65. The first-order valence-corrected chi connectivity index (χ1v) is 7.92. The number of benzene rings is 2. The number of rotatable bonds is 5. The lowest BCUT2D eigenvalue weighted by Gasteiger charge is -2.23. The number of hydrogen-bond acceptors (Lipinski definition) is 2. The standard InChI is InChI=1S/C15H13ClFNO2S/c1-2-11-18(14-7-3-12(16)4-8-14)21(19,20)15-9-5-13(17)6-10-15/h2-10H,1,11H2. The summed E-state index contributed by atoms with van der Waals surface area (Å²) in [5.74, 6) is -0.490. The van der Waals surface area contributed by atoms with Crippen molar-refractivity contribution in [3.63, 3.8) is 0 Å². The quantitative estimate of drug-likeness (QED) is 0.783. The minimum atomic E-state index is -3.79. The van der Waals surface area contributed by atoms with E-state index in [0.29, 0.717) is 10.7 Å². The zero-order valence-corrected chi connectivity index (χ0v) is 12.6. The minimum Gasteiger partial charge on any atom is -0.263 e. The molecule has 0 radical (unpaired) electrons. The molecule has 110 valence electrons. The number of anilines is 1. The molecule has 21 heavy (non-hydrogen) atoms. The summed E-state index contributed by atoms with van der Waals surface area (Å²) in [6.07, 6.45) is 1.48. The van der Waals surface area contributed by atoms with E-state index in [-0.39, 0.29) is 11.4 Å². The van der Waals surface area contributed by atoms with Crippen LogP contribution in [0.4, 0.5) is 10.1 Å². The second-order valence-corrected chi connectivity index (χ2v) is 6.55. The van der Waals surface area contributed by atoms with Gasteiger partial charge >= 0.3 is 0 Å². The minimum absolute atomic E-state index is 0.0145. The maximum atomic E-state index is 13.0. The van der Waals surface area contributed by atoms with E-state index in [1.165, 1.54) is 22.5 Å². The van der Waals surface area contributed by atoms with Crippen molar-refractivity contribution in [2.45, 2.75) is 4.90 Å². The summed E-state index contributed by atoms with van der Waals surface area (Å²) in [6.45, 7) is 3.67. The zero-order valence-electron chi connectivity index (χ0n) is 11.0. The van der Waals surface area contributed by atoms with Crippen LogP contribution in [-0.2, 0) is 10.0 Å². The van der Waals surface area contributed by atoms with E-state index >= 15 is 0 Å². The predicted molar refractivity (Wildman–Crippen MR) is 82.6 cm³/mol. The van der Waals surface area contributed by atoms with Crippen molar-refractivity contribution < 1.29 is 12.8 Å². The molecule has 0 aliphatic carbocycles. The molecular formula is C15H13ClFNO2S. The van der Waals surface area contributed by atoms with Crippen LogP contribution in [0.5, 0.6) is 0 Å². The van der Waals surface area contributed by atoms with Crippen molar-refractivity contribution in [2.75, 3.05) is 10.8 Å². The summed E-state index contributed by atoms with van der Waals surface area (Å²) in [6, 6.07) is 11.1. The second kappa shape index (κ2) is 6.28. The van der Waals surface area contributed by atoms with Crippen LogP contribution in [0.25, 0.3) is 0 Å². The maximum absolute atomic E-state index is 13.0. The molecule has 0 bridgehead atoms. The molecule has 0 aliphatic rings. The van der Waals surface area contributed by atoms with E-state index in [1.54, 1.807) is 24.3 Å². The molecule has 2 aromatic carbocycles. The Balaban J connectivity index is 2.47. The Hall–Kier alpha value is -1.85. The maximum Gasteiger partial charge on any atom is 0.264 e. The highest BCUT2D eigenvalue weighted by Crippen LogP contribution is 2.25. The summed E-state index contributed by atoms with van der Waals surface area (Å²) in [7, 11) is -3.79. The Labute approximate surface area is 128 Å². The van der Waals surface area contributed by atoms with Gasteiger partial charge in [-0.2, -0.15) is 0 Å². The first-order chi connectivity index (χ1) is 9.95. The molecule has 0 spiro atoms.